The molecule has 0 aromatic heterocycles. The van der Waals surface area contributed by atoms with E-state index in [1.807, 2.05) is 31.4 Å². The molecule has 5 heteroatoms. The summed E-state index contributed by atoms with van der Waals surface area (Å²) in [6.07, 6.45) is 2.37. The molecule has 0 saturated carbocycles. The molecule has 0 N–H and O–H groups in total. The van der Waals surface area contributed by atoms with Crippen LogP contribution in [0.3, 0.4) is 0 Å². The number of carbonyl (C=O) groups is 1. The van der Waals surface area contributed by atoms with Crippen molar-refractivity contribution in [1.29, 1.82) is 0 Å². The number of amides is 2. The summed E-state index contributed by atoms with van der Waals surface area (Å²) in [6.45, 7) is 3.78. The van der Waals surface area contributed by atoms with E-state index in [0.717, 1.165) is 37.7 Å². The van der Waals surface area contributed by atoms with Crippen LogP contribution in [0.4, 0.5) is 4.79 Å². The van der Waals surface area contributed by atoms with Gasteiger partial charge < -0.3 is 9.80 Å². The van der Waals surface area contributed by atoms with Crippen LogP contribution in [-0.2, 0) is 0 Å². The summed E-state index contributed by atoms with van der Waals surface area (Å²) in [4.78, 5) is 16.0. The molecule has 0 radical (unpaired) electrons. The van der Waals surface area contributed by atoms with Crippen molar-refractivity contribution < 1.29 is 4.79 Å². The highest BCUT2D eigenvalue weighted by molar-refractivity contribution is 8.76. The molecule has 2 saturated heterocycles. The Balaban J connectivity index is 1.88. The molecule has 0 spiro atoms. The van der Waals surface area contributed by atoms with Crippen LogP contribution < -0.4 is 0 Å². The Morgan fingerprint density at radius 1 is 0.857 bits per heavy atom. The molecule has 0 bridgehead atoms. The molecule has 3 nitrogen and oxygen atoms in total. The number of likely N-dealkylation sites (tertiary alicyclic amines) is 1. The van der Waals surface area contributed by atoms with E-state index in [1.54, 1.807) is 0 Å². The van der Waals surface area contributed by atoms with E-state index in [-0.39, 0.29) is 6.03 Å². The smallest absolute Gasteiger partial charge is 0.320 e. The molecule has 80 valence electrons. The third-order valence-electron chi connectivity index (χ3n) is 2.62. The summed E-state index contributed by atoms with van der Waals surface area (Å²) in [6, 6.07) is 0.269. The van der Waals surface area contributed by atoms with E-state index in [2.05, 4.69) is 0 Å². The van der Waals surface area contributed by atoms with E-state index >= 15 is 0 Å². The minimum absolute atomic E-state index is 0.269. The highest BCUT2D eigenvalue weighted by Gasteiger charge is 2.23. The van der Waals surface area contributed by atoms with Crippen LogP contribution in [0, 0.1) is 0 Å². The Labute approximate surface area is 93.0 Å². The lowest BCUT2D eigenvalue weighted by atomic mass is 10.4. The molecule has 2 aliphatic heterocycles. The fourth-order valence-corrected chi connectivity index (χ4v) is 3.80. The molecule has 0 atom stereocenters. The van der Waals surface area contributed by atoms with Gasteiger partial charge in [-0.1, -0.05) is 21.6 Å². The van der Waals surface area contributed by atoms with E-state index in [0.29, 0.717) is 0 Å². The van der Waals surface area contributed by atoms with Crippen molar-refractivity contribution in [2.24, 2.45) is 0 Å². The second-order valence-electron chi connectivity index (χ2n) is 3.61. The van der Waals surface area contributed by atoms with Crippen molar-refractivity contribution in [1.82, 2.24) is 9.80 Å². The third-order valence-corrected chi connectivity index (χ3v) is 4.98. The number of rotatable bonds is 0. The summed E-state index contributed by atoms with van der Waals surface area (Å²) in [7, 11) is 3.77. The van der Waals surface area contributed by atoms with E-state index in [4.69, 9.17) is 0 Å². The monoisotopic (exact) mass is 232 g/mol. The molecule has 14 heavy (non-hydrogen) atoms. The number of urea groups is 1. The van der Waals surface area contributed by atoms with Crippen molar-refractivity contribution in [2.75, 3.05) is 37.7 Å². The van der Waals surface area contributed by atoms with Crippen molar-refractivity contribution >= 4 is 27.6 Å². The molecule has 2 heterocycles. The van der Waals surface area contributed by atoms with Crippen LogP contribution >= 0.6 is 21.6 Å². The van der Waals surface area contributed by atoms with Gasteiger partial charge in [0.2, 0.25) is 0 Å². The Morgan fingerprint density at radius 2 is 1.36 bits per heavy atom. The Kier molecular flexibility index (Phi) is 3.87. The number of hydrogen-bond donors (Lipinski definition) is 0. The highest BCUT2D eigenvalue weighted by Crippen LogP contribution is 2.24. The quantitative estimate of drug-likeness (QED) is 0.596. The first-order valence-electron chi connectivity index (χ1n) is 5.16. The first-order valence-corrected chi connectivity index (χ1v) is 7.65. The number of hydrogen-bond acceptors (Lipinski definition) is 3. The lowest BCUT2D eigenvalue weighted by molar-refractivity contribution is 0.168. The van der Waals surface area contributed by atoms with Gasteiger partial charge >= 0.3 is 6.03 Å². The average molecular weight is 232 g/mol. The lowest BCUT2D eigenvalue weighted by Crippen LogP contribution is -2.43. The molecule has 2 fully saturated rings. The maximum atomic E-state index is 12.0. The van der Waals surface area contributed by atoms with Gasteiger partial charge in [0.05, 0.1) is 0 Å². The topological polar surface area (TPSA) is 23.6 Å². The van der Waals surface area contributed by atoms with Crippen LogP contribution in [0.5, 0.6) is 0 Å². The number of nitrogens with zero attached hydrogens (tertiary/aromatic N) is 2. The predicted octanol–water partition coefficient (Wildman–Crippen LogP) is 1.90. The van der Waals surface area contributed by atoms with Gasteiger partial charge in [0.15, 0.2) is 0 Å². The zero-order valence-electron chi connectivity index (χ0n) is 8.28. The first kappa shape index (κ1) is 10.5. The zero-order chi connectivity index (χ0) is 9.80. The van der Waals surface area contributed by atoms with Crippen molar-refractivity contribution in [3.8, 4) is 0 Å². The molecule has 2 amide bonds. The molecule has 0 unspecified atom stereocenters. The van der Waals surface area contributed by atoms with Gasteiger partial charge in [0.25, 0.3) is 0 Å². The summed E-state index contributed by atoms with van der Waals surface area (Å²) in [5.41, 5.74) is 0. The second kappa shape index (κ2) is 5.16. The van der Waals surface area contributed by atoms with Crippen LogP contribution in [0.1, 0.15) is 12.8 Å². The fraction of sp³-hybridized carbons (Fsp3) is 0.889. The minimum atomic E-state index is 0.269. The van der Waals surface area contributed by atoms with Gasteiger partial charge in [0.1, 0.15) is 0 Å². The summed E-state index contributed by atoms with van der Waals surface area (Å²) >= 11 is 0. The van der Waals surface area contributed by atoms with E-state index in [9.17, 15) is 4.79 Å². The second-order valence-corrected chi connectivity index (χ2v) is 6.31. The first-order chi connectivity index (χ1) is 6.88. The average Bonchev–Trinajstić information content (AvgIpc) is 2.59. The number of carbonyl (C=O) groups excluding carboxylic acids is 1. The predicted molar refractivity (Wildman–Crippen MR) is 62.7 cm³/mol. The van der Waals surface area contributed by atoms with E-state index < -0.39 is 0 Å². The van der Waals surface area contributed by atoms with Crippen molar-refractivity contribution in [2.45, 2.75) is 12.8 Å². The van der Waals surface area contributed by atoms with Crippen LogP contribution in [0.15, 0.2) is 0 Å². The Morgan fingerprint density at radius 3 is 1.93 bits per heavy atom. The fourth-order valence-electron chi connectivity index (χ4n) is 1.82. The van der Waals surface area contributed by atoms with Gasteiger partial charge in [-0.05, 0) is 12.8 Å². The van der Waals surface area contributed by atoms with Gasteiger partial charge in [-0.25, -0.2) is 4.79 Å². The zero-order valence-corrected chi connectivity index (χ0v) is 9.91. The van der Waals surface area contributed by atoms with Gasteiger partial charge in [0, 0.05) is 37.7 Å². The molecular weight excluding hydrogens is 216 g/mol. The van der Waals surface area contributed by atoms with Crippen LogP contribution in [0.2, 0.25) is 0 Å². The molecule has 0 aromatic carbocycles. The van der Waals surface area contributed by atoms with Gasteiger partial charge in [-0.3, -0.25) is 0 Å². The lowest BCUT2D eigenvalue weighted by Gasteiger charge is -2.26. The van der Waals surface area contributed by atoms with Crippen molar-refractivity contribution in [3.05, 3.63) is 0 Å². The molecule has 0 aromatic rings. The normalized spacial score (nSPS) is 23.7. The Bertz CT molecular complexity index is 199. The Hall–Kier alpha value is -0.0300. The highest BCUT2D eigenvalue weighted by atomic mass is 33.1. The molecular formula is C9H16N2OS2. The summed E-state index contributed by atoms with van der Waals surface area (Å²) < 4.78 is 0. The maximum Gasteiger partial charge on any atom is 0.320 e. The van der Waals surface area contributed by atoms with Crippen LogP contribution in [0.25, 0.3) is 0 Å². The summed E-state index contributed by atoms with van der Waals surface area (Å²) in [5.74, 6) is 2.15. The third kappa shape index (κ3) is 2.51. The van der Waals surface area contributed by atoms with Crippen molar-refractivity contribution in [3.63, 3.8) is 0 Å². The largest absolute Gasteiger partial charge is 0.325 e. The summed E-state index contributed by atoms with van der Waals surface area (Å²) in [5, 5.41) is 0. The SMILES string of the molecule is O=C(N1CCCC1)N1CCSSCC1. The minimum Gasteiger partial charge on any atom is -0.325 e. The molecule has 0 aliphatic carbocycles. The van der Waals surface area contributed by atoms with E-state index in [1.165, 1.54) is 12.8 Å². The maximum absolute atomic E-state index is 12.0. The standard InChI is InChI=1S/C9H16N2OS2/c12-9(10-3-1-2-4-10)11-5-7-13-14-8-6-11/h1-8H2. The van der Waals surface area contributed by atoms with Gasteiger partial charge in [-0.2, -0.15) is 0 Å². The van der Waals surface area contributed by atoms with Gasteiger partial charge in [-0.15, -0.1) is 0 Å². The molecule has 2 aliphatic rings. The molecule has 2 rings (SSSR count). The van der Waals surface area contributed by atoms with Crippen LogP contribution in [-0.4, -0.2) is 53.5 Å².